The number of aldehydes is 1. The Kier molecular flexibility index (Phi) is 3.45. The van der Waals surface area contributed by atoms with Crippen LogP contribution in [-0.2, 0) is 12.8 Å². The van der Waals surface area contributed by atoms with E-state index in [0.717, 1.165) is 55.2 Å². The quantitative estimate of drug-likeness (QED) is 0.521. The minimum atomic E-state index is -0.319. The van der Waals surface area contributed by atoms with Crippen LogP contribution in [0.3, 0.4) is 0 Å². The smallest absolute Gasteiger partial charge is 0.344 e. The van der Waals surface area contributed by atoms with E-state index >= 15 is 0 Å². The summed E-state index contributed by atoms with van der Waals surface area (Å²) >= 11 is 0. The van der Waals surface area contributed by atoms with Gasteiger partial charge in [-0.1, -0.05) is 24.3 Å². The number of hydrogen-bond acceptors (Lipinski definition) is 4. The van der Waals surface area contributed by atoms with Crippen molar-refractivity contribution in [1.82, 2.24) is 0 Å². The number of aryl methyl sites for hydroxylation is 2. The predicted molar refractivity (Wildman–Crippen MR) is 102 cm³/mol. The van der Waals surface area contributed by atoms with E-state index in [0.29, 0.717) is 11.1 Å². The van der Waals surface area contributed by atoms with Gasteiger partial charge in [0.05, 0.1) is 5.56 Å². The van der Waals surface area contributed by atoms with Crippen molar-refractivity contribution in [3.8, 4) is 11.1 Å². The number of nitrogens with zero attached hydrogens (tertiary/aromatic N) is 1. The van der Waals surface area contributed by atoms with Gasteiger partial charge in [-0.3, -0.25) is 4.79 Å². The first-order valence-electron chi connectivity index (χ1n) is 9.18. The number of carbonyl (C=O) groups is 1. The van der Waals surface area contributed by atoms with Crippen molar-refractivity contribution >= 4 is 22.9 Å². The molecule has 0 saturated heterocycles. The average molecular weight is 345 g/mol. The van der Waals surface area contributed by atoms with Crippen LogP contribution in [-0.4, -0.2) is 19.4 Å². The first-order chi connectivity index (χ1) is 12.7. The minimum absolute atomic E-state index is 0.319. The topological polar surface area (TPSA) is 50.5 Å². The predicted octanol–water partition coefficient (Wildman–Crippen LogP) is 3.97. The molecule has 3 aromatic rings. The third-order valence-corrected chi connectivity index (χ3v) is 5.57. The van der Waals surface area contributed by atoms with Gasteiger partial charge in [0.15, 0.2) is 0 Å². The molecule has 0 aliphatic carbocycles. The molecule has 0 saturated carbocycles. The summed E-state index contributed by atoms with van der Waals surface area (Å²) in [6, 6.07) is 11.2. The molecule has 0 bridgehead atoms. The van der Waals surface area contributed by atoms with Crippen LogP contribution >= 0.6 is 0 Å². The molecule has 26 heavy (non-hydrogen) atoms. The molecular weight excluding hydrogens is 326 g/mol. The second kappa shape index (κ2) is 5.84. The molecule has 2 aliphatic rings. The van der Waals surface area contributed by atoms with Gasteiger partial charge in [-0.25, -0.2) is 4.79 Å². The van der Waals surface area contributed by atoms with Gasteiger partial charge in [0.1, 0.15) is 11.9 Å². The zero-order chi connectivity index (χ0) is 17.7. The first-order valence-corrected chi connectivity index (χ1v) is 9.18. The highest BCUT2D eigenvalue weighted by molar-refractivity contribution is 5.91. The maximum Gasteiger partial charge on any atom is 0.344 e. The largest absolute Gasteiger partial charge is 0.422 e. The molecular formula is C22H19NO3. The second-order valence-corrected chi connectivity index (χ2v) is 7.16. The third-order valence-electron chi connectivity index (χ3n) is 5.57. The average Bonchev–Trinajstić information content (AvgIpc) is 2.69. The van der Waals surface area contributed by atoms with Crippen LogP contribution in [0.1, 0.15) is 34.3 Å². The summed E-state index contributed by atoms with van der Waals surface area (Å²) in [5.41, 5.74) is 6.22. The van der Waals surface area contributed by atoms with Gasteiger partial charge in [-0.2, -0.15) is 0 Å². The maximum atomic E-state index is 12.7. The summed E-state index contributed by atoms with van der Waals surface area (Å²) in [5, 5.41) is 0.997. The summed E-state index contributed by atoms with van der Waals surface area (Å²) < 4.78 is 5.82. The van der Waals surface area contributed by atoms with Gasteiger partial charge in [0.2, 0.25) is 0 Å². The van der Waals surface area contributed by atoms with Crippen LogP contribution in [0.4, 0.5) is 5.69 Å². The Labute approximate surface area is 151 Å². The van der Waals surface area contributed by atoms with Crippen LogP contribution in [0.5, 0.6) is 0 Å². The number of carbonyl (C=O) groups excluding carboxylic acids is 1. The summed E-state index contributed by atoms with van der Waals surface area (Å²) in [6.07, 6.45) is 5.12. The van der Waals surface area contributed by atoms with Crippen molar-refractivity contribution in [2.75, 3.05) is 18.0 Å². The zero-order valence-electron chi connectivity index (χ0n) is 14.5. The van der Waals surface area contributed by atoms with Crippen LogP contribution < -0.4 is 10.5 Å². The van der Waals surface area contributed by atoms with E-state index in [1.54, 1.807) is 24.3 Å². The molecule has 4 nitrogen and oxygen atoms in total. The molecule has 130 valence electrons. The van der Waals surface area contributed by atoms with Crippen molar-refractivity contribution < 1.29 is 9.21 Å². The van der Waals surface area contributed by atoms with Crippen LogP contribution in [0.15, 0.2) is 45.6 Å². The van der Waals surface area contributed by atoms with E-state index in [1.807, 2.05) is 6.07 Å². The molecule has 4 heteroatoms. The van der Waals surface area contributed by atoms with E-state index in [2.05, 4.69) is 11.0 Å². The van der Waals surface area contributed by atoms with Gasteiger partial charge < -0.3 is 9.32 Å². The third kappa shape index (κ3) is 2.29. The van der Waals surface area contributed by atoms with E-state index < -0.39 is 0 Å². The van der Waals surface area contributed by atoms with E-state index in [4.69, 9.17) is 4.42 Å². The van der Waals surface area contributed by atoms with Gasteiger partial charge in [0, 0.05) is 35.3 Å². The van der Waals surface area contributed by atoms with Gasteiger partial charge >= 0.3 is 5.63 Å². The Bertz CT molecular complexity index is 1080. The molecule has 0 amide bonds. The van der Waals surface area contributed by atoms with E-state index in [9.17, 15) is 9.59 Å². The molecule has 5 rings (SSSR count). The Morgan fingerprint density at radius 1 is 1.00 bits per heavy atom. The Morgan fingerprint density at radius 3 is 2.54 bits per heavy atom. The van der Waals surface area contributed by atoms with Crippen molar-refractivity contribution in [3.05, 3.63) is 63.5 Å². The fourth-order valence-corrected chi connectivity index (χ4v) is 4.39. The molecule has 0 unspecified atom stereocenters. The SMILES string of the molecule is O=Cc1ccc(-c2cc3cc4c5c(c3oc2=O)CCCN5CCC4)cc1. The second-order valence-electron chi connectivity index (χ2n) is 7.16. The van der Waals surface area contributed by atoms with Gasteiger partial charge in [0.25, 0.3) is 0 Å². The van der Waals surface area contributed by atoms with Gasteiger partial charge in [-0.15, -0.1) is 0 Å². The fraction of sp³-hybridized carbons (Fsp3) is 0.273. The minimum Gasteiger partial charge on any atom is -0.422 e. The molecule has 2 aromatic carbocycles. The van der Waals surface area contributed by atoms with Crippen molar-refractivity contribution in [3.63, 3.8) is 0 Å². The molecule has 0 radical (unpaired) electrons. The normalized spacial score (nSPS) is 15.8. The molecule has 0 fully saturated rings. The highest BCUT2D eigenvalue weighted by Gasteiger charge is 2.27. The fourth-order valence-electron chi connectivity index (χ4n) is 4.39. The van der Waals surface area contributed by atoms with Crippen LogP contribution in [0.2, 0.25) is 0 Å². The lowest BCUT2D eigenvalue weighted by molar-refractivity contribution is 0.112. The molecule has 3 heterocycles. The molecule has 0 N–H and O–H groups in total. The maximum absolute atomic E-state index is 12.7. The van der Waals surface area contributed by atoms with Crippen molar-refractivity contribution in [2.45, 2.75) is 25.7 Å². The summed E-state index contributed by atoms with van der Waals surface area (Å²) in [5.74, 6) is 0. The number of rotatable bonds is 2. The lowest BCUT2D eigenvalue weighted by Gasteiger charge is -2.37. The Hall–Kier alpha value is -2.88. The lowest BCUT2D eigenvalue weighted by Crippen LogP contribution is -2.34. The van der Waals surface area contributed by atoms with Gasteiger partial charge in [-0.05, 0) is 48.9 Å². The molecule has 0 atom stereocenters. The number of benzene rings is 2. The first kappa shape index (κ1) is 15.4. The summed E-state index contributed by atoms with van der Waals surface area (Å²) in [7, 11) is 0. The van der Waals surface area contributed by atoms with Crippen LogP contribution in [0.25, 0.3) is 22.1 Å². The monoisotopic (exact) mass is 345 g/mol. The molecule has 1 aromatic heterocycles. The summed E-state index contributed by atoms with van der Waals surface area (Å²) in [6.45, 7) is 2.19. The zero-order valence-corrected chi connectivity index (χ0v) is 14.5. The highest BCUT2D eigenvalue weighted by Crippen LogP contribution is 2.40. The van der Waals surface area contributed by atoms with Crippen molar-refractivity contribution in [1.29, 1.82) is 0 Å². The summed E-state index contributed by atoms with van der Waals surface area (Å²) in [4.78, 5) is 26.0. The Balaban J connectivity index is 1.73. The van der Waals surface area contributed by atoms with Crippen LogP contribution in [0, 0.1) is 0 Å². The van der Waals surface area contributed by atoms with E-state index in [-0.39, 0.29) is 5.63 Å². The lowest BCUT2D eigenvalue weighted by atomic mass is 9.89. The standard InChI is InChI=1S/C22H19NO3/c24-13-14-5-7-15(8-6-14)19-12-17-11-16-3-1-9-23-10-2-4-18(20(16)23)21(17)26-22(19)25/h5-8,11-13H,1-4,9-10H2. The van der Waals surface area contributed by atoms with E-state index in [1.165, 1.54) is 23.2 Å². The van der Waals surface area contributed by atoms with Crippen molar-refractivity contribution in [2.24, 2.45) is 0 Å². The number of anilines is 1. The molecule has 2 aliphatic heterocycles. The number of fused-ring (bicyclic) bond motifs is 2. The molecule has 0 spiro atoms. The Morgan fingerprint density at radius 2 is 1.77 bits per heavy atom. The number of hydrogen-bond donors (Lipinski definition) is 0. The highest BCUT2D eigenvalue weighted by atomic mass is 16.4.